The van der Waals surface area contributed by atoms with E-state index < -0.39 is 34.1 Å². The molecule has 1 aromatic carbocycles. The van der Waals surface area contributed by atoms with E-state index in [-0.39, 0.29) is 17.1 Å². The van der Waals surface area contributed by atoms with Crippen LogP contribution in [0.1, 0.15) is 57.6 Å². The van der Waals surface area contributed by atoms with Crippen LogP contribution in [-0.2, 0) is 12.1 Å². The van der Waals surface area contributed by atoms with Crippen molar-refractivity contribution in [3.8, 4) is 11.3 Å². The van der Waals surface area contributed by atoms with Crippen molar-refractivity contribution in [3.63, 3.8) is 0 Å². The summed E-state index contributed by atoms with van der Waals surface area (Å²) in [6.07, 6.45) is 0. The third-order valence-corrected chi connectivity index (χ3v) is 6.63. The van der Waals surface area contributed by atoms with Crippen LogP contribution in [0.5, 0.6) is 0 Å². The molecule has 0 saturated heterocycles. The molecule has 0 aliphatic carbocycles. The van der Waals surface area contributed by atoms with Crippen LogP contribution in [0.4, 0.5) is 9.18 Å². The van der Waals surface area contributed by atoms with Gasteiger partial charge in [-0.05, 0) is 29.0 Å². The molecule has 0 saturated carbocycles. The van der Waals surface area contributed by atoms with Crippen LogP contribution in [-0.4, -0.2) is 33.2 Å². The van der Waals surface area contributed by atoms with Crippen LogP contribution < -0.4 is 11.5 Å². The Kier molecular flexibility index (Phi) is 5.37. The molecule has 9 heteroatoms. The lowest BCUT2D eigenvalue weighted by Gasteiger charge is -2.57. The topological polar surface area (TPSA) is 107 Å². The molecule has 4 N–H and O–H groups in total. The highest BCUT2D eigenvalue weighted by Crippen LogP contribution is 2.53. The smallest absolute Gasteiger partial charge is 0.315 e. The maximum Gasteiger partial charge on any atom is 0.315 e. The Balaban J connectivity index is 2.44. The fourth-order valence-electron chi connectivity index (χ4n) is 4.99. The summed E-state index contributed by atoms with van der Waals surface area (Å²) in [6, 6.07) is 3.55. The summed E-state index contributed by atoms with van der Waals surface area (Å²) in [5.74, 6) is -1.27. The molecule has 0 unspecified atom stereocenters. The summed E-state index contributed by atoms with van der Waals surface area (Å²) < 4.78 is 15.6. The molecule has 3 rings (SSSR count). The van der Waals surface area contributed by atoms with Gasteiger partial charge in [0.15, 0.2) is 0 Å². The molecule has 0 radical (unpaired) electrons. The van der Waals surface area contributed by atoms with Crippen LogP contribution >= 0.6 is 11.6 Å². The Morgan fingerprint density at radius 1 is 1.13 bits per heavy atom. The maximum absolute atomic E-state index is 13.8. The average molecular weight is 450 g/mol. The van der Waals surface area contributed by atoms with Gasteiger partial charge in [-0.3, -0.25) is 9.48 Å². The Labute approximate surface area is 186 Å². The largest absolute Gasteiger partial charge is 0.365 e. The van der Waals surface area contributed by atoms with Gasteiger partial charge >= 0.3 is 6.03 Å². The number of halogens is 2. The number of carbonyl (C=O) groups is 2. The Hall–Kier alpha value is -2.61. The first-order chi connectivity index (χ1) is 14.1. The second-order valence-electron chi connectivity index (χ2n) is 10.1. The predicted molar refractivity (Wildman–Crippen MR) is 118 cm³/mol. The number of amides is 3. The number of hydrogen-bond donors (Lipinski definition) is 2. The molecule has 0 fully saturated rings. The lowest BCUT2D eigenvalue weighted by Crippen LogP contribution is -2.65. The summed E-state index contributed by atoms with van der Waals surface area (Å²) >= 11 is 5.99. The first-order valence-electron chi connectivity index (χ1n) is 10.0. The van der Waals surface area contributed by atoms with Crippen molar-refractivity contribution in [2.24, 2.45) is 22.3 Å². The van der Waals surface area contributed by atoms with Gasteiger partial charge in [0.05, 0.1) is 28.4 Å². The summed E-state index contributed by atoms with van der Waals surface area (Å²) in [6.45, 7) is 12.8. The first kappa shape index (κ1) is 23.1. The summed E-state index contributed by atoms with van der Waals surface area (Å²) in [5.41, 5.74) is 11.4. The lowest BCUT2D eigenvalue weighted by molar-refractivity contribution is -0.0652. The summed E-state index contributed by atoms with van der Waals surface area (Å²) in [7, 11) is 0. The highest BCUT2D eigenvalue weighted by molar-refractivity contribution is 6.31. The minimum absolute atomic E-state index is 0.0867. The summed E-state index contributed by atoms with van der Waals surface area (Å²) in [4.78, 5) is 26.4. The molecule has 168 valence electrons. The van der Waals surface area contributed by atoms with Crippen molar-refractivity contribution < 1.29 is 14.0 Å². The van der Waals surface area contributed by atoms with Gasteiger partial charge in [-0.1, -0.05) is 53.1 Å². The van der Waals surface area contributed by atoms with Crippen LogP contribution in [0, 0.1) is 16.6 Å². The monoisotopic (exact) mass is 449 g/mol. The van der Waals surface area contributed by atoms with Gasteiger partial charge in [-0.15, -0.1) is 0 Å². The number of carbonyl (C=O) groups excluding carboxylic acids is 2. The van der Waals surface area contributed by atoms with Gasteiger partial charge < -0.3 is 16.4 Å². The zero-order valence-electron chi connectivity index (χ0n) is 18.7. The third kappa shape index (κ3) is 3.46. The molecule has 0 bridgehead atoms. The molecule has 0 atom stereocenters. The molecule has 0 spiro atoms. The second-order valence-corrected chi connectivity index (χ2v) is 10.5. The molecule has 7 nitrogen and oxygen atoms in total. The molecule has 3 amide bonds. The van der Waals surface area contributed by atoms with Gasteiger partial charge in [-0.25, -0.2) is 9.18 Å². The maximum atomic E-state index is 13.8. The zero-order chi connectivity index (χ0) is 23.5. The number of primary amides is 2. The second kappa shape index (κ2) is 7.22. The summed E-state index contributed by atoms with van der Waals surface area (Å²) in [5, 5.41) is 4.76. The van der Waals surface area contributed by atoms with E-state index in [1.165, 1.54) is 23.1 Å². The predicted octanol–water partition coefficient (Wildman–Crippen LogP) is 4.12. The number of benzene rings is 1. The number of rotatable bonds is 2. The zero-order valence-corrected chi connectivity index (χ0v) is 19.5. The van der Waals surface area contributed by atoms with E-state index in [0.717, 1.165) is 0 Å². The molecular formula is C22H29ClFN5O2. The van der Waals surface area contributed by atoms with Gasteiger partial charge in [0.1, 0.15) is 11.5 Å². The minimum Gasteiger partial charge on any atom is -0.365 e. The quantitative estimate of drug-likeness (QED) is 0.719. The normalized spacial score (nSPS) is 16.2. The molecule has 2 heterocycles. The number of nitrogens with zero attached hydrogens (tertiary/aromatic N) is 3. The molecule has 1 aliphatic rings. The molecule has 1 aromatic heterocycles. The highest BCUT2D eigenvalue weighted by Gasteiger charge is 2.57. The van der Waals surface area contributed by atoms with E-state index in [2.05, 4.69) is 41.5 Å². The number of fused-ring (bicyclic) bond motifs is 1. The lowest BCUT2D eigenvalue weighted by atomic mass is 9.59. The van der Waals surface area contributed by atoms with E-state index >= 15 is 0 Å². The molecule has 31 heavy (non-hydrogen) atoms. The SMILES string of the molecule is CC(C)(C)C1(C(C)(C)C)CN(C(N)=O)Cc2c(C(N)=O)c(-c3ccc(F)c(Cl)c3)nn21. The fourth-order valence-corrected chi connectivity index (χ4v) is 5.17. The Morgan fingerprint density at radius 3 is 2.16 bits per heavy atom. The van der Waals surface area contributed by atoms with Gasteiger partial charge in [0.25, 0.3) is 5.91 Å². The van der Waals surface area contributed by atoms with E-state index in [9.17, 15) is 14.0 Å². The number of hydrogen-bond acceptors (Lipinski definition) is 3. The first-order valence-corrected chi connectivity index (χ1v) is 10.4. The average Bonchev–Trinajstić information content (AvgIpc) is 3.00. The fraction of sp³-hybridized carbons (Fsp3) is 0.500. The van der Waals surface area contributed by atoms with Gasteiger partial charge in [-0.2, -0.15) is 5.10 Å². The van der Waals surface area contributed by atoms with Crippen LogP contribution in [0.25, 0.3) is 11.3 Å². The van der Waals surface area contributed by atoms with Crippen molar-refractivity contribution in [1.82, 2.24) is 14.7 Å². The third-order valence-electron chi connectivity index (χ3n) is 6.34. The number of urea groups is 1. The van der Waals surface area contributed by atoms with E-state index in [1.54, 1.807) is 0 Å². The van der Waals surface area contributed by atoms with Gasteiger partial charge in [0, 0.05) is 12.1 Å². The van der Waals surface area contributed by atoms with Crippen molar-refractivity contribution in [2.45, 2.75) is 53.6 Å². The number of aromatic nitrogens is 2. The van der Waals surface area contributed by atoms with Crippen molar-refractivity contribution in [1.29, 1.82) is 0 Å². The van der Waals surface area contributed by atoms with Crippen LogP contribution in [0.2, 0.25) is 5.02 Å². The van der Waals surface area contributed by atoms with Crippen molar-refractivity contribution in [2.75, 3.05) is 6.54 Å². The number of nitrogens with two attached hydrogens (primary N) is 2. The van der Waals surface area contributed by atoms with Crippen LogP contribution in [0.15, 0.2) is 18.2 Å². The Bertz CT molecular complexity index is 1050. The van der Waals surface area contributed by atoms with Crippen molar-refractivity contribution in [3.05, 3.63) is 40.3 Å². The molecule has 2 aromatic rings. The van der Waals surface area contributed by atoms with E-state index in [1.807, 2.05) is 4.68 Å². The standard InChI is InChI=1S/C22H29ClFN5O2/c1-20(2,3)22(21(4,5)6)11-28(19(26)31)10-15-16(18(25)30)17(27-29(15)22)12-7-8-14(24)13(23)9-12/h7-9H,10-11H2,1-6H3,(H2,25,30)(H2,26,31). The van der Waals surface area contributed by atoms with Crippen molar-refractivity contribution >= 4 is 23.5 Å². The molecular weight excluding hydrogens is 421 g/mol. The van der Waals surface area contributed by atoms with E-state index in [4.69, 9.17) is 28.2 Å². The van der Waals surface area contributed by atoms with E-state index in [0.29, 0.717) is 23.5 Å². The minimum atomic E-state index is -0.727. The van der Waals surface area contributed by atoms with Gasteiger partial charge in [0.2, 0.25) is 0 Å². The molecule has 1 aliphatic heterocycles. The Morgan fingerprint density at radius 2 is 1.71 bits per heavy atom. The highest BCUT2D eigenvalue weighted by atomic mass is 35.5. The van der Waals surface area contributed by atoms with Crippen LogP contribution in [0.3, 0.4) is 0 Å².